The number of nitrogens with one attached hydrogen (secondary N) is 2. The Morgan fingerprint density at radius 1 is 1.25 bits per heavy atom. The molecule has 1 aromatic carbocycles. The quantitative estimate of drug-likeness (QED) is 0.224. The number of aliphatic imine (C=N–C) groups is 1. The van der Waals surface area contributed by atoms with E-state index in [4.69, 9.17) is 4.74 Å². The van der Waals surface area contributed by atoms with Gasteiger partial charge in [-0.05, 0) is 37.3 Å². The van der Waals surface area contributed by atoms with Gasteiger partial charge in [0.1, 0.15) is 22.2 Å². The maximum atomic E-state index is 11.3. The zero-order valence-corrected chi connectivity index (χ0v) is 21.1. The van der Waals surface area contributed by atoms with Gasteiger partial charge in [-0.3, -0.25) is 0 Å². The Labute approximate surface area is 187 Å². The van der Waals surface area contributed by atoms with Gasteiger partial charge in [0.05, 0.1) is 12.3 Å². The van der Waals surface area contributed by atoms with Gasteiger partial charge >= 0.3 is 0 Å². The molecule has 8 heteroatoms. The van der Waals surface area contributed by atoms with Crippen molar-refractivity contribution in [2.45, 2.75) is 52.5 Å². The lowest BCUT2D eigenvalue weighted by Crippen LogP contribution is -2.43. The Balaban J connectivity index is 0.00000729. The van der Waals surface area contributed by atoms with Crippen molar-refractivity contribution in [3.8, 4) is 5.75 Å². The minimum absolute atomic E-state index is 0. The van der Waals surface area contributed by atoms with Gasteiger partial charge in [-0.25, -0.2) is 13.4 Å². The summed E-state index contributed by atoms with van der Waals surface area (Å²) in [6, 6.07) is 8.09. The number of benzene rings is 1. The summed E-state index contributed by atoms with van der Waals surface area (Å²) >= 11 is 0. The summed E-state index contributed by atoms with van der Waals surface area (Å²) in [5, 5.41) is 6.42. The highest BCUT2D eigenvalue weighted by molar-refractivity contribution is 14.0. The van der Waals surface area contributed by atoms with E-state index in [0.29, 0.717) is 25.5 Å². The summed E-state index contributed by atoms with van der Waals surface area (Å²) in [4.78, 5) is 4.52. The van der Waals surface area contributed by atoms with Crippen LogP contribution in [0.15, 0.2) is 29.3 Å². The molecule has 0 saturated heterocycles. The maximum absolute atomic E-state index is 11.3. The highest BCUT2D eigenvalue weighted by Gasteiger charge is 2.18. The van der Waals surface area contributed by atoms with Crippen LogP contribution in [-0.2, 0) is 15.3 Å². The molecule has 0 bridgehead atoms. The third kappa shape index (κ3) is 11.1. The van der Waals surface area contributed by atoms with E-state index in [2.05, 4.69) is 42.5 Å². The molecule has 0 heterocycles. The van der Waals surface area contributed by atoms with Crippen LogP contribution in [0, 0.1) is 0 Å². The Morgan fingerprint density at radius 3 is 2.46 bits per heavy atom. The fourth-order valence-corrected chi connectivity index (χ4v) is 3.32. The van der Waals surface area contributed by atoms with Crippen LogP contribution in [0.2, 0.25) is 0 Å². The van der Waals surface area contributed by atoms with Gasteiger partial charge in [-0.2, -0.15) is 0 Å². The van der Waals surface area contributed by atoms with Crippen LogP contribution in [-0.4, -0.2) is 52.1 Å². The number of para-hydroxylation sites is 1. The third-order valence-electron chi connectivity index (χ3n) is 3.96. The average molecular weight is 525 g/mol. The number of sulfone groups is 1. The number of hydrogen-bond donors (Lipinski definition) is 2. The summed E-state index contributed by atoms with van der Waals surface area (Å²) in [5.41, 5.74) is 1.19. The molecule has 1 atom stereocenters. The molecule has 1 aromatic rings. The Morgan fingerprint density at radius 2 is 1.89 bits per heavy atom. The normalized spacial score (nSPS) is 13.4. The smallest absolute Gasteiger partial charge is 0.191 e. The fourth-order valence-electron chi connectivity index (χ4n) is 2.54. The largest absolute Gasteiger partial charge is 0.491 e. The van der Waals surface area contributed by atoms with Gasteiger partial charge in [0.15, 0.2) is 5.96 Å². The highest BCUT2D eigenvalue weighted by atomic mass is 127. The van der Waals surface area contributed by atoms with Crippen LogP contribution in [0.5, 0.6) is 5.75 Å². The van der Waals surface area contributed by atoms with E-state index in [0.717, 1.165) is 12.3 Å². The molecule has 1 unspecified atom stereocenters. The predicted octanol–water partition coefficient (Wildman–Crippen LogP) is 3.36. The molecule has 0 aromatic heterocycles. The minimum Gasteiger partial charge on any atom is -0.491 e. The number of guanidine groups is 1. The second-order valence-corrected chi connectivity index (χ2v) is 10.1. The van der Waals surface area contributed by atoms with Crippen molar-refractivity contribution >= 4 is 39.8 Å². The van der Waals surface area contributed by atoms with Crippen molar-refractivity contribution in [2.75, 3.05) is 31.7 Å². The number of ether oxygens (including phenoxy) is 1. The van der Waals surface area contributed by atoms with Crippen molar-refractivity contribution in [1.82, 2.24) is 10.6 Å². The molecule has 0 aliphatic heterocycles. The molecule has 1 rings (SSSR count). The lowest BCUT2D eigenvalue weighted by Gasteiger charge is -2.22. The van der Waals surface area contributed by atoms with E-state index in [1.807, 2.05) is 32.0 Å². The van der Waals surface area contributed by atoms with Crippen molar-refractivity contribution in [1.29, 1.82) is 0 Å². The van der Waals surface area contributed by atoms with Crippen molar-refractivity contribution in [3.05, 3.63) is 29.8 Å². The molecule has 2 N–H and O–H groups in total. The van der Waals surface area contributed by atoms with Gasteiger partial charge in [-0.1, -0.05) is 39.0 Å². The lowest BCUT2D eigenvalue weighted by molar-refractivity contribution is 0.319. The van der Waals surface area contributed by atoms with Crippen LogP contribution in [0.3, 0.4) is 0 Å². The average Bonchev–Trinajstić information content (AvgIpc) is 2.56. The second kappa shape index (κ2) is 12.5. The SMILES string of the molecule is CCNC(=NCCOc1ccccc1C(C)(C)C)NC(C)CCS(C)(=O)=O.I. The standard InChI is InChI=1S/C20H35N3O3S.HI/c1-7-21-19(23-16(2)12-15-27(6,24)25)22-13-14-26-18-11-9-8-10-17(18)20(3,4)5;/h8-11,16H,7,12-15H2,1-6H3,(H2,21,22,23);1H. The molecule has 0 amide bonds. The molecule has 0 saturated carbocycles. The molecule has 0 radical (unpaired) electrons. The first-order chi connectivity index (χ1) is 12.5. The van der Waals surface area contributed by atoms with E-state index < -0.39 is 9.84 Å². The topological polar surface area (TPSA) is 79.8 Å². The molecular weight excluding hydrogens is 489 g/mol. The maximum Gasteiger partial charge on any atom is 0.191 e. The summed E-state index contributed by atoms with van der Waals surface area (Å²) in [5.74, 6) is 1.72. The molecule has 0 aliphatic rings. The van der Waals surface area contributed by atoms with Crippen LogP contribution >= 0.6 is 24.0 Å². The summed E-state index contributed by atoms with van der Waals surface area (Å²) < 4.78 is 28.5. The Hall–Kier alpha value is -1.03. The van der Waals surface area contributed by atoms with Crippen LogP contribution in [0.25, 0.3) is 0 Å². The fraction of sp³-hybridized carbons (Fsp3) is 0.650. The van der Waals surface area contributed by atoms with Gasteiger partial charge in [-0.15, -0.1) is 24.0 Å². The van der Waals surface area contributed by atoms with Gasteiger partial charge in [0.25, 0.3) is 0 Å². The Kier molecular flexibility index (Phi) is 12.1. The summed E-state index contributed by atoms with van der Waals surface area (Å²) in [6.45, 7) is 12.2. The number of nitrogens with zero attached hydrogens (tertiary/aromatic N) is 1. The van der Waals surface area contributed by atoms with Crippen molar-refractivity contribution in [2.24, 2.45) is 4.99 Å². The number of rotatable bonds is 9. The lowest BCUT2D eigenvalue weighted by atomic mass is 9.86. The molecule has 0 fully saturated rings. The number of halogens is 1. The van der Waals surface area contributed by atoms with E-state index >= 15 is 0 Å². The van der Waals surface area contributed by atoms with Crippen molar-refractivity contribution < 1.29 is 13.2 Å². The van der Waals surface area contributed by atoms with Crippen LogP contribution < -0.4 is 15.4 Å². The highest BCUT2D eigenvalue weighted by Crippen LogP contribution is 2.30. The second-order valence-electron chi connectivity index (χ2n) is 7.82. The van der Waals surface area contributed by atoms with Gasteiger partial charge in [0.2, 0.25) is 0 Å². The van der Waals surface area contributed by atoms with E-state index in [-0.39, 0.29) is 41.2 Å². The minimum atomic E-state index is -2.96. The first-order valence-electron chi connectivity index (χ1n) is 9.48. The van der Waals surface area contributed by atoms with Crippen LogP contribution in [0.4, 0.5) is 0 Å². The monoisotopic (exact) mass is 525 g/mol. The number of hydrogen-bond acceptors (Lipinski definition) is 4. The van der Waals surface area contributed by atoms with Gasteiger partial charge < -0.3 is 15.4 Å². The van der Waals surface area contributed by atoms with E-state index in [1.165, 1.54) is 11.8 Å². The van der Waals surface area contributed by atoms with E-state index in [1.54, 1.807) is 0 Å². The molecule has 0 spiro atoms. The first kappa shape index (κ1) is 27.0. The van der Waals surface area contributed by atoms with E-state index in [9.17, 15) is 8.42 Å². The first-order valence-corrected chi connectivity index (χ1v) is 11.5. The third-order valence-corrected chi connectivity index (χ3v) is 4.94. The molecule has 6 nitrogen and oxygen atoms in total. The zero-order valence-electron chi connectivity index (χ0n) is 17.9. The molecule has 28 heavy (non-hydrogen) atoms. The van der Waals surface area contributed by atoms with Crippen molar-refractivity contribution in [3.63, 3.8) is 0 Å². The molecular formula is C20H36IN3O3S. The molecule has 162 valence electrons. The zero-order chi connectivity index (χ0) is 20.5. The van der Waals surface area contributed by atoms with Gasteiger partial charge in [0, 0.05) is 18.8 Å². The van der Waals surface area contributed by atoms with Crippen LogP contribution in [0.1, 0.15) is 46.6 Å². The summed E-state index contributed by atoms with van der Waals surface area (Å²) in [7, 11) is -2.96. The molecule has 0 aliphatic carbocycles. The predicted molar refractivity (Wildman–Crippen MR) is 129 cm³/mol. The summed E-state index contributed by atoms with van der Waals surface area (Å²) in [6.07, 6.45) is 1.80. The Bertz CT molecular complexity index is 716.